The lowest BCUT2D eigenvalue weighted by Gasteiger charge is -2.53. The summed E-state index contributed by atoms with van der Waals surface area (Å²) in [6.07, 6.45) is -2.77. The number of piperidine rings is 1. The van der Waals surface area contributed by atoms with Crippen molar-refractivity contribution in [2.75, 3.05) is 24.5 Å². The number of aliphatic hydroxyl groups is 1. The zero-order valence-electron chi connectivity index (χ0n) is 11.0. The molecule has 21 heavy (non-hydrogen) atoms. The highest BCUT2D eigenvalue weighted by Crippen LogP contribution is 2.44. The number of nitrogens with zero attached hydrogens (tertiary/aromatic N) is 2. The average molecular weight is 301 g/mol. The van der Waals surface area contributed by atoms with Crippen LogP contribution < -0.4 is 10.2 Å². The van der Waals surface area contributed by atoms with Gasteiger partial charge in [-0.2, -0.15) is 13.2 Å². The van der Waals surface area contributed by atoms with Crippen molar-refractivity contribution in [3.63, 3.8) is 0 Å². The summed E-state index contributed by atoms with van der Waals surface area (Å²) >= 11 is 0. The van der Waals surface area contributed by atoms with Crippen LogP contribution >= 0.6 is 0 Å². The fraction of sp³-hybridized carbons (Fsp3) is 0.538. The lowest BCUT2D eigenvalue weighted by molar-refractivity contribution is -0.139. The molecule has 3 rings (SSSR count). The van der Waals surface area contributed by atoms with Gasteiger partial charge in [0.05, 0.1) is 22.8 Å². The molecule has 2 aliphatic rings. The Morgan fingerprint density at radius 2 is 2.14 bits per heavy atom. The zero-order chi connectivity index (χ0) is 15.3. The van der Waals surface area contributed by atoms with Crippen molar-refractivity contribution >= 4 is 11.6 Å². The molecule has 0 radical (unpaired) electrons. The highest BCUT2D eigenvalue weighted by atomic mass is 19.4. The van der Waals surface area contributed by atoms with Crippen LogP contribution in [0, 0.1) is 5.41 Å². The van der Waals surface area contributed by atoms with Crippen molar-refractivity contribution in [3.8, 4) is 0 Å². The molecule has 8 heteroatoms. The molecule has 1 aromatic heterocycles. The van der Waals surface area contributed by atoms with Crippen LogP contribution in [0.15, 0.2) is 18.5 Å². The first-order valence-corrected chi connectivity index (χ1v) is 6.54. The number of rotatable bonds is 1. The van der Waals surface area contributed by atoms with Crippen molar-refractivity contribution in [2.24, 2.45) is 5.41 Å². The Morgan fingerprint density at radius 1 is 1.43 bits per heavy atom. The predicted octanol–water partition coefficient (Wildman–Crippen LogP) is 0.788. The molecule has 1 amide bonds. The lowest BCUT2D eigenvalue weighted by atomic mass is 9.72. The fourth-order valence-corrected chi connectivity index (χ4v) is 3.02. The van der Waals surface area contributed by atoms with E-state index in [1.807, 2.05) is 0 Å². The number of alkyl halides is 3. The van der Waals surface area contributed by atoms with Crippen LogP contribution in [0.2, 0.25) is 0 Å². The highest BCUT2D eigenvalue weighted by Gasteiger charge is 2.53. The van der Waals surface area contributed by atoms with Gasteiger partial charge in [-0.25, -0.2) is 0 Å². The summed E-state index contributed by atoms with van der Waals surface area (Å²) < 4.78 is 38.9. The maximum absolute atomic E-state index is 13.0. The normalized spacial score (nSPS) is 24.7. The highest BCUT2D eigenvalue weighted by molar-refractivity contribution is 5.87. The van der Waals surface area contributed by atoms with E-state index in [2.05, 4.69) is 10.3 Å². The molecule has 0 unspecified atom stereocenters. The number of carbonyl (C=O) groups is 1. The van der Waals surface area contributed by atoms with Gasteiger partial charge < -0.3 is 15.3 Å². The van der Waals surface area contributed by atoms with E-state index in [0.717, 1.165) is 6.20 Å². The second kappa shape index (κ2) is 4.59. The summed E-state index contributed by atoms with van der Waals surface area (Å²) in [5.41, 5.74) is -1.57. The van der Waals surface area contributed by atoms with E-state index < -0.39 is 23.3 Å². The van der Waals surface area contributed by atoms with Gasteiger partial charge in [0.1, 0.15) is 0 Å². The van der Waals surface area contributed by atoms with Crippen molar-refractivity contribution in [3.05, 3.63) is 24.0 Å². The van der Waals surface area contributed by atoms with Crippen molar-refractivity contribution in [1.82, 2.24) is 10.3 Å². The third kappa shape index (κ3) is 2.33. The first-order valence-electron chi connectivity index (χ1n) is 6.54. The molecule has 2 N–H and O–H groups in total. The van der Waals surface area contributed by atoms with Gasteiger partial charge in [0, 0.05) is 32.0 Å². The van der Waals surface area contributed by atoms with Crippen LogP contribution in [-0.2, 0) is 11.0 Å². The van der Waals surface area contributed by atoms with Gasteiger partial charge in [0.2, 0.25) is 5.91 Å². The van der Waals surface area contributed by atoms with Gasteiger partial charge in [0.25, 0.3) is 0 Å². The van der Waals surface area contributed by atoms with Crippen LogP contribution in [0.1, 0.15) is 12.0 Å². The number of hydrogen-bond donors (Lipinski definition) is 2. The van der Waals surface area contributed by atoms with E-state index >= 15 is 0 Å². The topological polar surface area (TPSA) is 65.5 Å². The maximum atomic E-state index is 13.0. The standard InChI is InChI=1S/C13H14F3N3O2/c14-13(15,16)9-5-17-2-1-10(9)19-6-12(7-19)3-8(20)4-18-11(12)21/h1-2,5,8,20H,3-4,6-7H2,(H,18,21)/t8-/m0/s1. The van der Waals surface area contributed by atoms with Gasteiger partial charge in [-0.15, -0.1) is 0 Å². The molecule has 0 saturated carbocycles. The number of carbonyl (C=O) groups excluding carboxylic acids is 1. The lowest BCUT2D eigenvalue weighted by Crippen LogP contribution is -2.68. The monoisotopic (exact) mass is 301 g/mol. The fourth-order valence-electron chi connectivity index (χ4n) is 3.02. The Kier molecular flexibility index (Phi) is 3.09. The number of β-amino-alcohol motifs (C(OH)–C–C–N with tert-alkyl or cyclic N) is 1. The van der Waals surface area contributed by atoms with Crippen molar-refractivity contribution in [2.45, 2.75) is 18.7 Å². The van der Waals surface area contributed by atoms with E-state index in [1.54, 1.807) is 0 Å². The Labute approximate surface area is 118 Å². The van der Waals surface area contributed by atoms with Crippen LogP contribution in [0.3, 0.4) is 0 Å². The summed E-state index contributed by atoms with van der Waals surface area (Å²) in [5.74, 6) is -0.202. The number of amides is 1. The molecule has 3 heterocycles. The first kappa shape index (κ1) is 14.1. The molecule has 0 bridgehead atoms. The summed E-state index contributed by atoms with van der Waals surface area (Å²) in [4.78, 5) is 16.9. The second-order valence-corrected chi connectivity index (χ2v) is 5.59. The van der Waals surface area contributed by atoms with E-state index in [-0.39, 0.29) is 37.6 Å². The quantitative estimate of drug-likeness (QED) is 0.805. The molecule has 0 aliphatic carbocycles. The smallest absolute Gasteiger partial charge is 0.391 e. The minimum absolute atomic E-state index is 0.0241. The number of hydrogen-bond acceptors (Lipinski definition) is 4. The molecule has 1 aromatic rings. The van der Waals surface area contributed by atoms with E-state index in [1.165, 1.54) is 17.2 Å². The largest absolute Gasteiger partial charge is 0.419 e. The Hall–Kier alpha value is -1.83. The number of aromatic nitrogens is 1. The summed E-state index contributed by atoms with van der Waals surface area (Å²) in [6, 6.07) is 1.30. The third-order valence-electron chi connectivity index (χ3n) is 4.04. The SMILES string of the molecule is O=C1NC[C@@H](O)CC12CN(c1ccncc1C(F)(F)F)C2. The third-order valence-corrected chi connectivity index (χ3v) is 4.04. The number of nitrogens with one attached hydrogen (secondary N) is 1. The number of halogens is 3. The number of aliphatic hydroxyl groups excluding tert-OH is 1. The minimum Gasteiger partial charge on any atom is -0.391 e. The molecular weight excluding hydrogens is 287 g/mol. The zero-order valence-corrected chi connectivity index (χ0v) is 11.0. The molecule has 2 saturated heterocycles. The molecule has 1 spiro atoms. The van der Waals surface area contributed by atoms with Gasteiger partial charge >= 0.3 is 6.18 Å². The first-order chi connectivity index (χ1) is 9.82. The van der Waals surface area contributed by atoms with Crippen LogP contribution in [0.5, 0.6) is 0 Å². The maximum Gasteiger partial charge on any atom is 0.419 e. The Morgan fingerprint density at radius 3 is 2.81 bits per heavy atom. The molecule has 2 aliphatic heterocycles. The van der Waals surface area contributed by atoms with E-state index in [0.29, 0.717) is 0 Å². The molecule has 2 fully saturated rings. The number of anilines is 1. The predicted molar refractivity (Wildman–Crippen MR) is 67.5 cm³/mol. The summed E-state index contributed by atoms with van der Waals surface area (Å²) in [6.45, 7) is 0.537. The van der Waals surface area contributed by atoms with Crippen LogP contribution in [0.25, 0.3) is 0 Å². The Balaban J connectivity index is 1.82. The molecule has 1 atom stereocenters. The van der Waals surface area contributed by atoms with E-state index in [9.17, 15) is 23.1 Å². The summed E-state index contributed by atoms with van der Waals surface area (Å²) in [5, 5.41) is 12.2. The Bertz CT molecular complexity index is 570. The second-order valence-electron chi connectivity index (χ2n) is 5.59. The average Bonchev–Trinajstić information content (AvgIpc) is 2.38. The van der Waals surface area contributed by atoms with Crippen molar-refractivity contribution < 1.29 is 23.1 Å². The summed E-state index contributed by atoms with van der Waals surface area (Å²) in [7, 11) is 0. The van der Waals surface area contributed by atoms with Crippen molar-refractivity contribution in [1.29, 1.82) is 0 Å². The van der Waals surface area contributed by atoms with Crippen LogP contribution in [-0.4, -0.2) is 41.7 Å². The number of pyridine rings is 1. The molecule has 114 valence electrons. The van der Waals surface area contributed by atoms with Gasteiger partial charge in [0.15, 0.2) is 0 Å². The molecule has 5 nitrogen and oxygen atoms in total. The minimum atomic E-state index is -4.49. The molecular formula is C13H14F3N3O2. The molecule has 0 aromatic carbocycles. The van der Waals surface area contributed by atoms with Gasteiger partial charge in [-0.05, 0) is 12.5 Å². The van der Waals surface area contributed by atoms with E-state index in [4.69, 9.17) is 0 Å². The van der Waals surface area contributed by atoms with Gasteiger partial charge in [-0.3, -0.25) is 9.78 Å². The van der Waals surface area contributed by atoms with Crippen LogP contribution in [0.4, 0.5) is 18.9 Å². The van der Waals surface area contributed by atoms with Gasteiger partial charge in [-0.1, -0.05) is 0 Å².